The van der Waals surface area contributed by atoms with E-state index in [2.05, 4.69) is 4.98 Å². The number of nitrogen functional groups attached to an aromatic ring is 1. The van der Waals surface area contributed by atoms with Gasteiger partial charge in [0.2, 0.25) is 0 Å². The molecule has 0 saturated heterocycles. The standard InChI is InChI=1S/C10H13F2N3O2/c11-9(12)6-15(3-4-16)10(17)7-5-14-2-1-8(7)13/h1-2,5,9,16H,3-4,6H2,(H2,13,14). The highest BCUT2D eigenvalue weighted by Crippen LogP contribution is 2.13. The normalized spacial score (nSPS) is 10.6. The molecule has 0 aliphatic rings. The number of hydrogen-bond donors (Lipinski definition) is 2. The van der Waals surface area contributed by atoms with Gasteiger partial charge < -0.3 is 15.7 Å². The van der Waals surface area contributed by atoms with E-state index in [1.807, 2.05) is 0 Å². The molecule has 0 radical (unpaired) electrons. The molecule has 1 aromatic heterocycles. The lowest BCUT2D eigenvalue weighted by molar-refractivity contribution is 0.0509. The number of aromatic nitrogens is 1. The van der Waals surface area contributed by atoms with E-state index < -0.39 is 25.5 Å². The third-order valence-electron chi connectivity index (χ3n) is 2.10. The molecule has 0 aliphatic carbocycles. The molecule has 0 saturated carbocycles. The Bertz CT molecular complexity index is 388. The fraction of sp³-hybridized carbons (Fsp3) is 0.400. The maximum atomic E-state index is 12.3. The zero-order chi connectivity index (χ0) is 12.8. The number of carbonyl (C=O) groups is 1. The summed E-state index contributed by atoms with van der Waals surface area (Å²) < 4.78 is 24.5. The largest absolute Gasteiger partial charge is 0.398 e. The third kappa shape index (κ3) is 3.63. The predicted octanol–water partition coefficient (Wildman–Crippen LogP) is 0.363. The molecule has 1 amide bonds. The minimum absolute atomic E-state index is 0.0570. The Labute approximate surface area is 96.9 Å². The molecule has 0 aromatic carbocycles. The predicted molar refractivity (Wildman–Crippen MR) is 57.6 cm³/mol. The van der Waals surface area contributed by atoms with Crippen molar-refractivity contribution in [3.8, 4) is 0 Å². The van der Waals surface area contributed by atoms with Crippen LogP contribution in [0.25, 0.3) is 0 Å². The van der Waals surface area contributed by atoms with Crippen LogP contribution < -0.4 is 5.73 Å². The molecule has 1 aromatic rings. The fourth-order valence-electron chi connectivity index (χ4n) is 1.32. The fourth-order valence-corrected chi connectivity index (χ4v) is 1.32. The number of anilines is 1. The third-order valence-corrected chi connectivity index (χ3v) is 2.10. The molecule has 1 rings (SSSR count). The number of aliphatic hydroxyl groups excluding tert-OH is 1. The summed E-state index contributed by atoms with van der Waals surface area (Å²) in [5.74, 6) is -0.662. The number of carbonyl (C=O) groups excluding carboxylic acids is 1. The quantitative estimate of drug-likeness (QED) is 0.785. The number of rotatable bonds is 5. The average molecular weight is 245 g/mol. The van der Waals surface area contributed by atoms with Crippen LogP contribution in [-0.4, -0.2) is 47.0 Å². The Balaban J connectivity index is 2.88. The van der Waals surface area contributed by atoms with E-state index in [9.17, 15) is 13.6 Å². The minimum atomic E-state index is -2.66. The van der Waals surface area contributed by atoms with Gasteiger partial charge in [-0.25, -0.2) is 8.78 Å². The van der Waals surface area contributed by atoms with Gasteiger partial charge in [-0.2, -0.15) is 0 Å². The van der Waals surface area contributed by atoms with Crippen LogP contribution in [0.15, 0.2) is 18.5 Å². The van der Waals surface area contributed by atoms with Crippen LogP contribution in [0.1, 0.15) is 10.4 Å². The van der Waals surface area contributed by atoms with Crippen molar-refractivity contribution in [1.29, 1.82) is 0 Å². The molecule has 94 valence electrons. The summed E-state index contributed by atoms with van der Waals surface area (Å²) in [5, 5.41) is 8.73. The summed E-state index contributed by atoms with van der Waals surface area (Å²) in [6.07, 6.45) is -0.0493. The Hall–Kier alpha value is -1.76. The number of alkyl halides is 2. The highest BCUT2D eigenvalue weighted by atomic mass is 19.3. The molecule has 5 nitrogen and oxygen atoms in total. The lowest BCUT2D eigenvalue weighted by atomic mass is 10.2. The zero-order valence-corrected chi connectivity index (χ0v) is 9.01. The summed E-state index contributed by atoms with van der Waals surface area (Å²) in [7, 11) is 0. The van der Waals surface area contributed by atoms with Crippen LogP contribution in [0.2, 0.25) is 0 Å². The molecule has 3 N–H and O–H groups in total. The van der Waals surface area contributed by atoms with Crippen molar-refractivity contribution in [2.45, 2.75) is 6.43 Å². The van der Waals surface area contributed by atoms with Gasteiger partial charge in [-0.05, 0) is 6.07 Å². The molecule has 0 atom stereocenters. The number of amides is 1. The van der Waals surface area contributed by atoms with Crippen molar-refractivity contribution in [2.24, 2.45) is 0 Å². The Morgan fingerprint density at radius 1 is 1.59 bits per heavy atom. The van der Waals surface area contributed by atoms with Crippen LogP contribution >= 0.6 is 0 Å². The van der Waals surface area contributed by atoms with Crippen LogP contribution in [0.5, 0.6) is 0 Å². The van der Waals surface area contributed by atoms with Gasteiger partial charge in [-0.1, -0.05) is 0 Å². The molecule has 1 heterocycles. The lowest BCUT2D eigenvalue weighted by Crippen LogP contribution is -2.37. The van der Waals surface area contributed by atoms with Gasteiger partial charge >= 0.3 is 0 Å². The lowest BCUT2D eigenvalue weighted by Gasteiger charge is -2.21. The summed E-state index contributed by atoms with van der Waals surface area (Å²) in [4.78, 5) is 16.4. The van der Waals surface area contributed by atoms with E-state index in [-0.39, 0.29) is 17.8 Å². The number of nitrogens with zero attached hydrogens (tertiary/aromatic N) is 2. The van der Waals surface area contributed by atoms with E-state index >= 15 is 0 Å². The molecule has 0 aliphatic heterocycles. The van der Waals surface area contributed by atoms with Crippen LogP contribution in [0.3, 0.4) is 0 Å². The van der Waals surface area contributed by atoms with E-state index in [1.54, 1.807) is 0 Å². The molecule has 0 fully saturated rings. The highest BCUT2D eigenvalue weighted by molar-refractivity contribution is 5.98. The Kier molecular flexibility index (Phi) is 4.77. The maximum Gasteiger partial charge on any atom is 0.257 e. The first-order chi connectivity index (χ1) is 8.06. The van der Waals surface area contributed by atoms with E-state index in [0.717, 1.165) is 4.90 Å². The van der Waals surface area contributed by atoms with E-state index in [0.29, 0.717) is 0 Å². The number of pyridine rings is 1. The first-order valence-electron chi connectivity index (χ1n) is 4.94. The van der Waals surface area contributed by atoms with Gasteiger partial charge in [0.25, 0.3) is 12.3 Å². The SMILES string of the molecule is Nc1ccncc1C(=O)N(CCO)CC(F)F. The van der Waals surface area contributed by atoms with Crippen LogP contribution in [0.4, 0.5) is 14.5 Å². The number of nitrogens with two attached hydrogens (primary N) is 1. The summed E-state index contributed by atoms with van der Waals surface area (Å²) >= 11 is 0. The second-order valence-corrected chi connectivity index (χ2v) is 3.33. The van der Waals surface area contributed by atoms with Gasteiger partial charge in [0, 0.05) is 24.6 Å². The topological polar surface area (TPSA) is 79.5 Å². The zero-order valence-electron chi connectivity index (χ0n) is 9.01. The van der Waals surface area contributed by atoms with E-state index in [4.69, 9.17) is 10.8 Å². The van der Waals surface area contributed by atoms with Gasteiger partial charge in [0.05, 0.1) is 18.7 Å². The highest BCUT2D eigenvalue weighted by Gasteiger charge is 2.20. The Morgan fingerprint density at radius 2 is 2.29 bits per heavy atom. The maximum absolute atomic E-state index is 12.3. The summed E-state index contributed by atoms with van der Waals surface area (Å²) in [6.45, 7) is -1.30. The molecular formula is C10H13F2N3O2. The second-order valence-electron chi connectivity index (χ2n) is 3.33. The number of aliphatic hydroxyl groups is 1. The molecule has 0 unspecified atom stereocenters. The van der Waals surface area contributed by atoms with Crippen LogP contribution in [-0.2, 0) is 0 Å². The van der Waals surface area contributed by atoms with Crippen molar-refractivity contribution in [2.75, 3.05) is 25.4 Å². The second kappa shape index (κ2) is 6.09. The van der Waals surface area contributed by atoms with Gasteiger partial charge in [-0.15, -0.1) is 0 Å². The smallest absolute Gasteiger partial charge is 0.257 e. The number of halogens is 2. The van der Waals surface area contributed by atoms with Gasteiger partial charge in [0.15, 0.2) is 0 Å². The molecule has 0 spiro atoms. The van der Waals surface area contributed by atoms with Crippen molar-refractivity contribution in [3.05, 3.63) is 24.0 Å². The van der Waals surface area contributed by atoms with E-state index in [1.165, 1.54) is 18.5 Å². The molecule has 0 bridgehead atoms. The van der Waals surface area contributed by atoms with Crippen LogP contribution in [0, 0.1) is 0 Å². The minimum Gasteiger partial charge on any atom is -0.398 e. The van der Waals surface area contributed by atoms with Crippen molar-refractivity contribution >= 4 is 11.6 Å². The summed E-state index contributed by atoms with van der Waals surface area (Å²) in [5.41, 5.74) is 5.77. The van der Waals surface area contributed by atoms with Crippen molar-refractivity contribution in [3.63, 3.8) is 0 Å². The summed E-state index contributed by atoms with van der Waals surface area (Å²) in [6, 6.07) is 1.41. The van der Waals surface area contributed by atoms with Crippen molar-refractivity contribution in [1.82, 2.24) is 9.88 Å². The molecule has 7 heteroatoms. The Morgan fingerprint density at radius 3 is 2.82 bits per heavy atom. The monoisotopic (exact) mass is 245 g/mol. The first kappa shape index (κ1) is 13.3. The van der Waals surface area contributed by atoms with Gasteiger partial charge in [-0.3, -0.25) is 9.78 Å². The van der Waals surface area contributed by atoms with Gasteiger partial charge in [0.1, 0.15) is 0 Å². The average Bonchev–Trinajstić information content (AvgIpc) is 2.28. The first-order valence-corrected chi connectivity index (χ1v) is 4.94. The van der Waals surface area contributed by atoms with Crippen molar-refractivity contribution < 1.29 is 18.7 Å². The number of hydrogen-bond acceptors (Lipinski definition) is 4. The molecular weight excluding hydrogens is 232 g/mol. The molecule has 17 heavy (non-hydrogen) atoms.